The van der Waals surface area contributed by atoms with Gasteiger partial charge >= 0.3 is 6.09 Å². The first-order valence-corrected chi connectivity index (χ1v) is 10.6. The van der Waals surface area contributed by atoms with Gasteiger partial charge < -0.3 is 14.2 Å². The molecule has 0 N–H and O–H groups in total. The SMILES string of the molecule is COc1ccc2c(ccc3c2c2c4ccc(OC)cc4ccc2n3C(=O)OC(C)(C)C)c1. The molecule has 0 fully saturated rings. The average Bonchev–Trinajstić information content (AvgIpc) is 3.12. The molecule has 0 radical (unpaired) electrons. The number of ether oxygens (including phenoxy) is 3. The number of hydrogen-bond donors (Lipinski definition) is 0. The molecule has 0 saturated heterocycles. The Morgan fingerprint density at radius 2 is 1.19 bits per heavy atom. The van der Waals surface area contributed by atoms with E-state index in [1.165, 1.54) is 0 Å². The van der Waals surface area contributed by atoms with Crippen LogP contribution in [0.3, 0.4) is 0 Å². The van der Waals surface area contributed by atoms with E-state index in [2.05, 4.69) is 12.1 Å². The number of carbonyl (C=O) groups is 1. The van der Waals surface area contributed by atoms with Crippen LogP contribution in [-0.2, 0) is 4.74 Å². The molecule has 0 spiro atoms. The number of carbonyl (C=O) groups excluding carboxylic acids is 1. The fourth-order valence-corrected chi connectivity index (χ4v) is 4.38. The van der Waals surface area contributed by atoms with Crippen LogP contribution in [0.4, 0.5) is 4.79 Å². The Kier molecular flexibility index (Phi) is 4.52. The van der Waals surface area contributed by atoms with Crippen LogP contribution in [0, 0.1) is 0 Å². The minimum absolute atomic E-state index is 0.391. The van der Waals surface area contributed by atoms with Crippen molar-refractivity contribution < 1.29 is 19.0 Å². The van der Waals surface area contributed by atoms with Crippen LogP contribution in [0.15, 0.2) is 60.7 Å². The normalized spacial score (nSPS) is 12.0. The lowest BCUT2D eigenvalue weighted by atomic mass is 9.99. The Bertz CT molecular complexity index is 1420. The van der Waals surface area contributed by atoms with Gasteiger partial charge in [-0.2, -0.15) is 0 Å². The fourth-order valence-electron chi connectivity index (χ4n) is 4.38. The maximum Gasteiger partial charge on any atom is 0.419 e. The number of aromatic nitrogens is 1. The van der Waals surface area contributed by atoms with E-state index in [1.807, 2.05) is 69.3 Å². The minimum atomic E-state index is -0.603. The summed E-state index contributed by atoms with van der Waals surface area (Å²) in [5.74, 6) is 1.59. The van der Waals surface area contributed by atoms with Crippen molar-refractivity contribution >= 4 is 49.4 Å². The smallest absolute Gasteiger partial charge is 0.419 e. The van der Waals surface area contributed by atoms with Gasteiger partial charge in [0.25, 0.3) is 0 Å². The van der Waals surface area contributed by atoms with Gasteiger partial charge in [0, 0.05) is 10.8 Å². The fraction of sp³-hybridized carbons (Fsp3) is 0.222. The molecule has 0 aliphatic heterocycles. The summed E-state index contributed by atoms with van der Waals surface area (Å²) < 4.78 is 18.3. The highest BCUT2D eigenvalue weighted by Gasteiger charge is 2.24. The van der Waals surface area contributed by atoms with Gasteiger partial charge in [-0.25, -0.2) is 9.36 Å². The Labute approximate surface area is 186 Å². The molecule has 0 saturated carbocycles. The number of rotatable bonds is 2. The molecule has 0 bridgehead atoms. The molecular weight excluding hydrogens is 402 g/mol. The van der Waals surface area contributed by atoms with Crippen LogP contribution >= 0.6 is 0 Å². The van der Waals surface area contributed by atoms with Crippen LogP contribution in [0.2, 0.25) is 0 Å². The van der Waals surface area contributed by atoms with E-state index in [9.17, 15) is 4.79 Å². The minimum Gasteiger partial charge on any atom is -0.497 e. The molecule has 0 unspecified atom stereocenters. The van der Waals surface area contributed by atoms with Crippen molar-refractivity contribution in [3.05, 3.63) is 60.7 Å². The largest absolute Gasteiger partial charge is 0.497 e. The van der Waals surface area contributed by atoms with Crippen molar-refractivity contribution in [3.63, 3.8) is 0 Å². The zero-order valence-electron chi connectivity index (χ0n) is 18.9. The molecule has 0 aliphatic rings. The molecule has 0 aliphatic carbocycles. The van der Waals surface area contributed by atoms with Gasteiger partial charge in [-0.05, 0) is 90.8 Å². The van der Waals surface area contributed by atoms with Crippen LogP contribution < -0.4 is 9.47 Å². The molecule has 5 heteroatoms. The van der Waals surface area contributed by atoms with Crippen molar-refractivity contribution in [2.45, 2.75) is 26.4 Å². The van der Waals surface area contributed by atoms with Crippen LogP contribution in [0.5, 0.6) is 11.5 Å². The average molecular weight is 428 g/mol. The summed E-state index contributed by atoms with van der Waals surface area (Å²) in [5.41, 5.74) is 1.03. The molecule has 1 heterocycles. The summed E-state index contributed by atoms with van der Waals surface area (Å²) in [6, 6.07) is 20.0. The van der Waals surface area contributed by atoms with Crippen LogP contribution in [0.1, 0.15) is 20.8 Å². The van der Waals surface area contributed by atoms with Gasteiger partial charge in [0.1, 0.15) is 17.1 Å². The standard InChI is InChI=1S/C27H25NO4/c1-27(2,3)32-26(29)28-22-12-6-16-14-18(30-4)8-10-20(16)24(22)25-21-11-9-19(31-5)15-17(21)7-13-23(25)28/h6-15H,1-5H3. The van der Waals surface area contributed by atoms with Crippen LogP contribution in [-0.4, -0.2) is 30.5 Å². The lowest BCUT2D eigenvalue weighted by molar-refractivity contribution is 0.0551. The summed E-state index contributed by atoms with van der Waals surface area (Å²) in [6.45, 7) is 5.63. The Hall–Kier alpha value is -3.73. The Morgan fingerprint density at radius 3 is 1.59 bits per heavy atom. The summed E-state index contributed by atoms with van der Waals surface area (Å²) in [7, 11) is 3.32. The van der Waals surface area contributed by atoms with E-state index in [-0.39, 0.29) is 0 Å². The zero-order chi connectivity index (χ0) is 22.6. The molecule has 32 heavy (non-hydrogen) atoms. The summed E-state index contributed by atoms with van der Waals surface area (Å²) in [5, 5.41) is 6.23. The predicted molar refractivity (Wildman–Crippen MR) is 129 cm³/mol. The van der Waals surface area contributed by atoms with Crippen molar-refractivity contribution in [3.8, 4) is 11.5 Å². The first-order chi connectivity index (χ1) is 15.3. The number of methoxy groups -OCH3 is 2. The molecular formula is C27H25NO4. The van der Waals surface area contributed by atoms with E-state index < -0.39 is 11.7 Å². The van der Waals surface area contributed by atoms with Crippen molar-refractivity contribution in [2.24, 2.45) is 0 Å². The number of hydrogen-bond acceptors (Lipinski definition) is 4. The Morgan fingerprint density at radius 1 is 0.719 bits per heavy atom. The molecule has 0 amide bonds. The topological polar surface area (TPSA) is 49.7 Å². The highest BCUT2D eigenvalue weighted by Crippen LogP contribution is 2.40. The third-order valence-corrected chi connectivity index (χ3v) is 5.72. The predicted octanol–water partition coefficient (Wildman–Crippen LogP) is 6.90. The summed E-state index contributed by atoms with van der Waals surface area (Å²) in [6.07, 6.45) is -0.391. The molecule has 162 valence electrons. The monoisotopic (exact) mass is 427 g/mol. The first kappa shape index (κ1) is 20.2. The molecule has 5 rings (SSSR count). The van der Waals surface area contributed by atoms with Gasteiger partial charge in [0.05, 0.1) is 25.3 Å². The third-order valence-electron chi connectivity index (χ3n) is 5.72. The van der Waals surface area contributed by atoms with E-state index in [4.69, 9.17) is 14.2 Å². The van der Waals surface area contributed by atoms with E-state index >= 15 is 0 Å². The molecule has 4 aromatic carbocycles. The van der Waals surface area contributed by atoms with Gasteiger partial charge in [0.15, 0.2) is 0 Å². The summed E-state index contributed by atoms with van der Waals surface area (Å²) in [4.78, 5) is 13.3. The zero-order valence-corrected chi connectivity index (χ0v) is 18.9. The molecule has 1 aromatic heterocycles. The van der Waals surface area contributed by atoms with Crippen molar-refractivity contribution in [2.75, 3.05) is 14.2 Å². The highest BCUT2D eigenvalue weighted by molar-refractivity contribution is 6.29. The first-order valence-electron chi connectivity index (χ1n) is 10.6. The maximum absolute atomic E-state index is 13.3. The molecule has 0 atom stereocenters. The number of nitrogens with zero attached hydrogens (tertiary/aromatic N) is 1. The second kappa shape index (κ2) is 7.16. The van der Waals surface area contributed by atoms with Gasteiger partial charge in [-0.3, -0.25) is 0 Å². The number of benzene rings is 4. The second-order valence-electron chi connectivity index (χ2n) is 8.91. The highest BCUT2D eigenvalue weighted by atomic mass is 16.6. The third kappa shape index (κ3) is 3.12. The van der Waals surface area contributed by atoms with Crippen LogP contribution in [0.25, 0.3) is 43.4 Å². The molecule has 5 nitrogen and oxygen atoms in total. The van der Waals surface area contributed by atoms with Gasteiger partial charge in [0.2, 0.25) is 0 Å². The van der Waals surface area contributed by atoms with Gasteiger partial charge in [-0.15, -0.1) is 0 Å². The number of fused-ring (bicyclic) bond motifs is 7. The van der Waals surface area contributed by atoms with Gasteiger partial charge in [-0.1, -0.05) is 12.1 Å². The van der Waals surface area contributed by atoms with E-state index in [0.717, 1.165) is 54.8 Å². The van der Waals surface area contributed by atoms with Crippen molar-refractivity contribution in [1.82, 2.24) is 4.57 Å². The summed E-state index contributed by atoms with van der Waals surface area (Å²) >= 11 is 0. The lowest BCUT2D eigenvalue weighted by Crippen LogP contribution is -2.27. The Balaban J connectivity index is 1.96. The molecule has 5 aromatic rings. The lowest BCUT2D eigenvalue weighted by Gasteiger charge is -2.20. The maximum atomic E-state index is 13.3. The van der Waals surface area contributed by atoms with E-state index in [1.54, 1.807) is 18.8 Å². The quantitative estimate of drug-likeness (QED) is 0.307. The van der Waals surface area contributed by atoms with Crippen molar-refractivity contribution in [1.29, 1.82) is 0 Å². The van der Waals surface area contributed by atoms with E-state index in [0.29, 0.717) is 0 Å². The second-order valence-corrected chi connectivity index (χ2v) is 8.91.